The maximum atomic E-state index is 2.57. The highest BCUT2D eigenvalue weighted by atomic mass is 32.1. The number of fused-ring (bicyclic) bond motifs is 10. The highest BCUT2D eigenvalue weighted by Gasteiger charge is 2.26. The second-order valence-electron chi connectivity index (χ2n) is 15.3. The average Bonchev–Trinajstić information content (AvgIpc) is 3.87. The van der Waals surface area contributed by atoms with Crippen molar-refractivity contribution in [2.75, 3.05) is 9.80 Å². The van der Waals surface area contributed by atoms with E-state index in [2.05, 4.69) is 239 Å². The molecule has 0 aliphatic heterocycles. The fraction of sp³-hybridized carbons (Fsp3) is 0. The van der Waals surface area contributed by atoms with Gasteiger partial charge in [-0.15, -0.1) is 11.3 Å². The highest BCUT2D eigenvalue weighted by Crippen LogP contribution is 2.51. The summed E-state index contributed by atoms with van der Waals surface area (Å²) in [7, 11) is 0. The Morgan fingerprint density at radius 3 is 1.13 bits per heavy atom. The molecule has 0 bridgehead atoms. The zero-order valence-corrected chi connectivity index (χ0v) is 33.4. The first kappa shape index (κ1) is 34.4. The molecular formula is C56H37N3S. The Morgan fingerprint density at radius 2 is 0.683 bits per heavy atom. The predicted molar refractivity (Wildman–Crippen MR) is 258 cm³/mol. The summed E-state index contributed by atoms with van der Waals surface area (Å²) < 4.78 is 5.13. The molecule has 2 heterocycles. The third kappa shape index (κ3) is 5.35. The second kappa shape index (κ2) is 14.0. The van der Waals surface area contributed by atoms with Crippen molar-refractivity contribution >= 4 is 109 Å². The summed E-state index contributed by atoms with van der Waals surface area (Å²) in [6.45, 7) is 0. The van der Waals surface area contributed by atoms with Gasteiger partial charge in [-0.25, -0.2) is 0 Å². The van der Waals surface area contributed by atoms with Crippen LogP contribution in [0, 0.1) is 0 Å². The molecule has 0 spiro atoms. The molecule has 0 N–H and O–H groups in total. The first-order valence-electron chi connectivity index (χ1n) is 20.4. The molecule has 12 aromatic rings. The van der Waals surface area contributed by atoms with Crippen LogP contribution in [-0.4, -0.2) is 4.57 Å². The lowest BCUT2D eigenvalue weighted by Gasteiger charge is -2.27. The number of rotatable bonds is 7. The zero-order chi connectivity index (χ0) is 39.6. The molecule has 0 aliphatic rings. The minimum Gasteiger partial charge on any atom is -0.310 e. The predicted octanol–water partition coefficient (Wildman–Crippen LogP) is 16.4. The first-order valence-corrected chi connectivity index (χ1v) is 21.3. The van der Waals surface area contributed by atoms with Crippen molar-refractivity contribution < 1.29 is 0 Å². The molecule has 4 heteroatoms. The molecule has 2 aromatic heterocycles. The van der Waals surface area contributed by atoms with E-state index in [4.69, 9.17) is 0 Å². The molecule has 282 valence electrons. The number of thiophene rings is 1. The Morgan fingerprint density at radius 1 is 0.317 bits per heavy atom. The van der Waals surface area contributed by atoms with Crippen molar-refractivity contribution in [1.82, 2.24) is 4.57 Å². The van der Waals surface area contributed by atoms with Crippen LogP contribution in [0.2, 0.25) is 0 Å². The van der Waals surface area contributed by atoms with Gasteiger partial charge < -0.3 is 14.4 Å². The Bertz CT molecular complexity index is 3280. The molecule has 3 nitrogen and oxygen atoms in total. The number of hydrogen-bond acceptors (Lipinski definition) is 3. The molecule has 0 unspecified atom stereocenters. The number of hydrogen-bond donors (Lipinski definition) is 0. The largest absolute Gasteiger partial charge is 0.310 e. The van der Waals surface area contributed by atoms with Crippen LogP contribution in [0.25, 0.3) is 69.2 Å². The van der Waals surface area contributed by atoms with Gasteiger partial charge in [0.1, 0.15) is 0 Å². The van der Waals surface area contributed by atoms with Gasteiger partial charge in [-0.3, -0.25) is 0 Å². The van der Waals surface area contributed by atoms with Gasteiger partial charge in [-0.2, -0.15) is 0 Å². The van der Waals surface area contributed by atoms with Crippen LogP contribution >= 0.6 is 11.3 Å². The monoisotopic (exact) mass is 783 g/mol. The second-order valence-corrected chi connectivity index (χ2v) is 16.3. The molecule has 12 rings (SSSR count). The lowest BCUT2D eigenvalue weighted by Crippen LogP contribution is -2.11. The van der Waals surface area contributed by atoms with E-state index in [1.165, 1.54) is 58.2 Å². The lowest BCUT2D eigenvalue weighted by molar-refractivity contribution is 1.20. The molecule has 0 saturated carbocycles. The molecule has 0 fully saturated rings. The van der Waals surface area contributed by atoms with Crippen LogP contribution in [0.5, 0.6) is 0 Å². The number of nitrogens with zero attached hydrogens (tertiary/aromatic N) is 3. The molecule has 60 heavy (non-hydrogen) atoms. The quantitative estimate of drug-likeness (QED) is 0.159. The van der Waals surface area contributed by atoms with Crippen molar-refractivity contribution in [2.24, 2.45) is 0 Å². The van der Waals surface area contributed by atoms with Crippen molar-refractivity contribution in [3.8, 4) is 5.69 Å². The van der Waals surface area contributed by atoms with E-state index in [-0.39, 0.29) is 0 Å². The van der Waals surface area contributed by atoms with Crippen molar-refractivity contribution in [3.05, 3.63) is 224 Å². The summed E-state index contributed by atoms with van der Waals surface area (Å²) in [5.74, 6) is 0. The van der Waals surface area contributed by atoms with Crippen molar-refractivity contribution in [1.29, 1.82) is 0 Å². The van der Waals surface area contributed by atoms with E-state index < -0.39 is 0 Å². The standard InChI is InChI=1S/C56H37N3S/c1-5-20-38(21-6-1)57(39-22-7-2-8-23-39)49-36-51-54(45-31-15-13-28-42(45)49)55-46-32-16-14-29-43(46)50(58(40-24-9-3-10-25-40)41-26-11-4-12-27-41)37-52(55)59(51)48-34-19-33-47-44-30-17-18-35-53(44)60-56(47)48/h1-37H. The molecule has 0 aliphatic carbocycles. The van der Waals surface area contributed by atoms with E-state index in [9.17, 15) is 0 Å². The Kier molecular flexibility index (Phi) is 8.03. The Labute approximate surface area is 351 Å². The zero-order valence-electron chi connectivity index (χ0n) is 32.6. The van der Waals surface area contributed by atoms with E-state index in [0.717, 1.165) is 45.2 Å². The topological polar surface area (TPSA) is 11.4 Å². The minimum absolute atomic E-state index is 1.11. The average molecular weight is 784 g/mol. The normalized spacial score (nSPS) is 11.7. The summed E-state index contributed by atoms with van der Waals surface area (Å²) in [4.78, 5) is 4.83. The van der Waals surface area contributed by atoms with Gasteiger partial charge in [-0.1, -0.05) is 152 Å². The van der Waals surface area contributed by atoms with Gasteiger partial charge in [0, 0.05) is 59.8 Å². The van der Waals surface area contributed by atoms with Gasteiger partial charge in [0.2, 0.25) is 0 Å². The van der Waals surface area contributed by atoms with Gasteiger partial charge in [-0.05, 0) is 83.6 Å². The van der Waals surface area contributed by atoms with E-state index in [1.807, 2.05) is 11.3 Å². The maximum absolute atomic E-state index is 2.57. The molecule has 10 aromatic carbocycles. The Hall–Kier alpha value is -7.66. The molecule has 0 atom stereocenters. The van der Waals surface area contributed by atoms with Gasteiger partial charge in [0.05, 0.1) is 32.8 Å². The highest BCUT2D eigenvalue weighted by molar-refractivity contribution is 7.26. The molecule has 0 saturated heterocycles. The van der Waals surface area contributed by atoms with Gasteiger partial charge in [0.25, 0.3) is 0 Å². The fourth-order valence-electron chi connectivity index (χ4n) is 9.39. The maximum Gasteiger partial charge on any atom is 0.0640 e. The smallest absolute Gasteiger partial charge is 0.0640 e. The summed E-state index contributed by atoms with van der Waals surface area (Å²) in [5, 5.41) is 9.88. The first-order chi connectivity index (χ1) is 29.8. The Balaban J connectivity index is 1.29. The minimum atomic E-state index is 1.11. The third-order valence-corrected chi connectivity index (χ3v) is 13.1. The summed E-state index contributed by atoms with van der Waals surface area (Å²) in [6, 6.07) is 81.6. The lowest BCUT2D eigenvalue weighted by atomic mass is 9.96. The number of aromatic nitrogens is 1. The molecule has 0 radical (unpaired) electrons. The van der Waals surface area contributed by atoms with Gasteiger partial charge >= 0.3 is 0 Å². The van der Waals surface area contributed by atoms with Crippen LogP contribution < -0.4 is 9.80 Å². The summed E-state index contributed by atoms with van der Waals surface area (Å²) in [6.07, 6.45) is 0. The molecule has 0 amide bonds. The van der Waals surface area contributed by atoms with Crippen LogP contribution in [-0.2, 0) is 0 Å². The number of benzene rings is 10. The van der Waals surface area contributed by atoms with Crippen LogP contribution in [0.3, 0.4) is 0 Å². The summed E-state index contributed by atoms with van der Waals surface area (Å²) in [5.41, 5.74) is 10.2. The number of anilines is 6. The molecular weight excluding hydrogens is 747 g/mol. The number of para-hydroxylation sites is 4. The van der Waals surface area contributed by atoms with E-state index >= 15 is 0 Å². The van der Waals surface area contributed by atoms with Crippen molar-refractivity contribution in [3.63, 3.8) is 0 Å². The fourth-order valence-corrected chi connectivity index (χ4v) is 10.6. The van der Waals surface area contributed by atoms with E-state index in [1.54, 1.807) is 0 Å². The van der Waals surface area contributed by atoms with Gasteiger partial charge in [0.15, 0.2) is 0 Å². The third-order valence-electron chi connectivity index (χ3n) is 11.9. The van der Waals surface area contributed by atoms with Crippen molar-refractivity contribution in [2.45, 2.75) is 0 Å². The van der Waals surface area contributed by atoms with E-state index in [0.29, 0.717) is 0 Å². The SMILES string of the molecule is c1ccc(N(c2ccccc2)c2cc3c(c4ccccc24)c2c4ccccc4c(N(c4ccccc4)c4ccccc4)cc2n3-c2cccc3c2sc2ccccc23)cc1. The van der Waals surface area contributed by atoms with Crippen LogP contribution in [0.15, 0.2) is 224 Å². The van der Waals surface area contributed by atoms with Crippen LogP contribution in [0.1, 0.15) is 0 Å². The summed E-state index contributed by atoms with van der Waals surface area (Å²) >= 11 is 1.88. The van der Waals surface area contributed by atoms with Crippen LogP contribution in [0.4, 0.5) is 34.1 Å².